The van der Waals surface area contributed by atoms with E-state index < -0.39 is 21.8 Å². The number of rotatable bonds is 7. The molecule has 1 amide bonds. The summed E-state index contributed by atoms with van der Waals surface area (Å²) in [6, 6.07) is 7.59. The number of nitrogens with two attached hydrogens (primary N) is 1. The first-order valence-corrected chi connectivity index (χ1v) is 7.43. The predicted molar refractivity (Wildman–Crippen MR) is 71.3 cm³/mol. The molecule has 1 aromatic carbocycles. The summed E-state index contributed by atoms with van der Waals surface area (Å²) in [5, 5.41) is 20.5. The molecular weight excluding hydrogens is 282 g/mol. The molecule has 0 saturated carbocycles. The maximum absolute atomic E-state index is 12.0. The van der Waals surface area contributed by atoms with Gasteiger partial charge in [0.05, 0.1) is 22.3 Å². The van der Waals surface area contributed by atoms with Crippen LogP contribution in [0.2, 0.25) is 0 Å². The van der Waals surface area contributed by atoms with Gasteiger partial charge < -0.3 is 16.2 Å². The smallest absolute Gasteiger partial charge is 0.247 e. The number of nitriles is 1. The van der Waals surface area contributed by atoms with Crippen molar-refractivity contribution in [2.75, 3.05) is 18.8 Å². The van der Waals surface area contributed by atoms with Crippen LogP contribution in [0.4, 0.5) is 0 Å². The number of amides is 1. The fourth-order valence-corrected chi connectivity index (χ4v) is 2.66. The number of nitrogens with one attached hydrogen (secondary N) is 1. The second-order valence-electron chi connectivity index (χ2n) is 4.08. The maximum Gasteiger partial charge on any atom is 0.247 e. The molecule has 0 radical (unpaired) electrons. The molecule has 0 aliphatic rings. The zero-order valence-corrected chi connectivity index (χ0v) is 11.4. The van der Waals surface area contributed by atoms with E-state index in [0.717, 1.165) is 0 Å². The normalized spacial score (nSPS) is 12.6. The van der Waals surface area contributed by atoms with Gasteiger partial charge in [0.15, 0.2) is 9.84 Å². The van der Waals surface area contributed by atoms with E-state index in [1.807, 2.05) is 6.07 Å². The Morgan fingerprint density at radius 1 is 1.50 bits per heavy atom. The second-order valence-corrected chi connectivity index (χ2v) is 6.19. The summed E-state index contributed by atoms with van der Waals surface area (Å²) in [4.78, 5) is 10.6. The molecule has 1 atom stereocenters. The first kappa shape index (κ1) is 16.1. The average molecular weight is 297 g/mol. The van der Waals surface area contributed by atoms with E-state index in [1.165, 1.54) is 24.3 Å². The highest BCUT2D eigenvalue weighted by Crippen LogP contribution is 2.12. The maximum atomic E-state index is 12.0. The second kappa shape index (κ2) is 7.00. The Labute approximate surface area is 116 Å². The Hall–Kier alpha value is -1.95. The lowest BCUT2D eigenvalue weighted by Gasteiger charge is -2.09. The monoisotopic (exact) mass is 297 g/mol. The van der Waals surface area contributed by atoms with Gasteiger partial charge in [-0.2, -0.15) is 5.26 Å². The molecule has 1 unspecified atom stereocenters. The molecule has 1 rings (SSSR count). The number of carbonyl (C=O) groups excluding carboxylic acids is 1. The Morgan fingerprint density at radius 3 is 2.80 bits per heavy atom. The molecule has 0 aromatic heterocycles. The predicted octanol–water partition coefficient (Wildman–Crippen LogP) is -1.23. The highest BCUT2D eigenvalue weighted by Gasteiger charge is 2.15. The summed E-state index contributed by atoms with van der Waals surface area (Å²) in [5.74, 6) is -1.09. The highest BCUT2D eigenvalue weighted by atomic mass is 32.2. The molecule has 8 heteroatoms. The van der Waals surface area contributed by atoms with Gasteiger partial charge in [-0.25, -0.2) is 8.42 Å². The van der Waals surface area contributed by atoms with Crippen molar-refractivity contribution in [3.63, 3.8) is 0 Å². The molecule has 20 heavy (non-hydrogen) atoms. The van der Waals surface area contributed by atoms with Crippen LogP contribution in [0.15, 0.2) is 29.2 Å². The van der Waals surface area contributed by atoms with Gasteiger partial charge in [-0.1, -0.05) is 6.07 Å². The van der Waals surface area contributed by atoms with Crippen molar-refractivity contribution in [1.82, 2.24) is 5.32 Å². The fourth-order valence-electron chi connectivity index (χ4n) is 1.42. The van der Waals surface area contributed by atoms with Crippen molar-refractivity contribution in [3.05, 3.63) is 29.8 Å². The SMILES string of the molecule is N#Cc1cccc(S(=O)(=O)CCNCC(O)C(N)=O)c1. The molecule has 0 fully saturated rings. The lowest BCUT2D eigenvalue weighted by atomic mass is 10.2. The van der Waals surface area contributed by atoms with Gasteiger partial charge in [0.2, 0.25) is 5.91 Å². The van der Waals surface area contributed by atoms with Crippen molar-refractivity contribution < 1.29 is 18.3 Å². The van der Waals surface area contributed by atoms with E-state index in [2.05, 4.69) is 5.32 Å². The number of aliphatic hydroxyl groups excluding tert-OH is 1. The van der Waals surface area contributed by atoms with Gasteiger partial charge in [-0.15, -0.1) is 0 Å². The number of primary amides is 1. The molecule has 0 bridgehead atoms. The third-order valence-corrected chi connectivity index (χ3v) is 4.25. The van der Waals surface area contributed by atoms with Crippen LogP contribution in [0.25, 0.3) is 0 Å². The van der Waals surface area contributed by atoms with Crippen LogP contribution in [0.1, 0.15) is 5.56 Å². The van der Waals surface area contributed by atoms with Gasteiger partial charge in [0.1, 0.15) is 6.10 Å². The van der Waals surface area contributed by atoms with Gasteiger partial charge >= 0.3 is 0 Å². The Balaban J connectivity index is 2.58. The summed E-state index contributed by atoms with van der Waals surface area (Å²) >= 11 is 0. The van der Waals surface area contributed by atoms with Crippen LogP contribution in [-0.4, -0.2) is 44.4 Å². The van der Waals surface area contributed by atoms with Gasteiger partial charge in [0, 0.05) is 13.1 Å². The van der Waals surface area contributed by atoms with Crippen LogP contribution in [0.3, 0.4) is 0 Å². The molecular formula is C12H15N3O4S. The topological polar surface area (TPSA) is 133 Å². The molecule has 0 heterocycles. The number of benzene rings is 1. The van der Waals surface area contributed by atoms with Crippen molar-refractivity contribution in [3.8, 4) is 6.07 Å². The summed E-state index contributed by atoms with van der Waals surface area (Å²) < 4.78 is 24.0. The van der Waals surface area contributed by atoms with Crippen LogP contribution in [0.5, 0.6) is 0 Å². The fraction of sp³-hybridized carbons (Fsp3) is 0.333. The molecule has 108 valence electrons. The standard InChI is InChI=1S/C12H15N3O4S/c13-7-9-2-1-3-10(6-9)20(18,19)5-4-15-8-11(16)12(14)17/h1-3,6,11,15-16H,4-5,8H2,(H2,14,17). The van der Waals surface area contributed by atoms with Crippen LogP contribution in [-0.2, 0) is 14.6 Å². The van der Waals surface area contributed by atoms with E-state index in [-0.39, 0.29) is 29.3 Å². The van der Waals surface area contributed by atoms with Crippen molar-refractivity contribution in [2.45, 2.75) is 11.0 Å². The van der Waals surface area contributed by atoms with Crippen molar-refractivity contribution in [2.24, 2.45) is 5.73 Å². The minimum absolute atomic E-state index is 0.0590. The Morgan fingerprint density at radius 2 is 2.20 bits per heavy atom. The van der Waals surface area contributed by atoms with E-state index in [4.69, 9.17) is 16.1 Å². The zero-order chi connectivity index (χ0) is 15.2. The molecule has 4 N–H and O–H groups in total. The summed E-state index contributed by atoms with van der Waals surface area (Å²) in [7, 11) is -3.52. The van der Waals surface area contributed by atoms with Gasteiger partial charge in [0.25, 0.3) is 0 Å². The van der Waals surface area contributed by atoms with E-state index in [0.29, 0.717) is 0 Å². The number of nitrogens with zero attached hydrogens (tertiary/aromatic N) is 1. The lowest BCUT2D eigenvalue weighted by Crippen LogP contribution is -2.39. The quantitative estimate of drug-likeness (QED) is 0.539. The number of hydrogen-bond donors (Lipinski definition) is 3. The van der Waals surface area contributed by atoms with E-state index >= 15 is 0 Å². The minimum Gasteiger partial charge on any atom is -0.382 e. The average Bonchev–Trinajstić information content (AvgIpc) is 2.43. The summed E-state index contributed by atoms with van der Waals surface area (Å²) in [6.45, 7) is -0.0491. The first-order valence-electron chi connectivity index (χ1n) is 5.78. The molecule has 1 aromatic rings. The summed E-state index contributed by atoms with van der Waals surface area (Å²) in [5.41, 5.74) is 5.12. The highest BCUT2D eigenvalue weighted by molar-refractivity contribution is 7.91. The van der Waals surface area contributed by atoms with Crippen LogP contribution < -0.4 is 11.1 Å². The number of aliphatic hydroxyl groups is 1. The molecule has 0 aliphatic heterocycles. The lowest BCUT2D eigenvalue weighted by molar-refractivity contribution is -0.125. The van der Waals surface area contributed by atoms with Crippen LogP contribution in [0, 0.1) is 11.3 Å². The number of hydrogen-bond acceptors (Lipinski definition) is 6. The van der Waals surface area contributed by atoms with Gasteiger partial charge in [-0.3, -0.25) is 4.79 Å². The molecule has 0 saturated heterocycles. The number of sulfone groups is 1. The largest absolute Gasteiger partial charge is 0.382 e. The molecule has 7 nitrogen and oxygen atoms in total. The first-order chi connectivity index (χ1) is 9.36. The third-order valence-electron chi connectivity index (χ3n) is 2.54. The zero-order valence-electron chi connectivity index (χ0n) is 10.6. The van der Waals surface area contributed by atoms with E-state index in [1.54, 1.807) is 0 Å². The van der Waals surface area contributed by atoms with Crippen molar-refractivity contribution >= 4 is 15.7 Å². The Bertz CT molecular complexity index is 622. The molecule has 0 spiro atoms. The van der Waals surface area contributed by atoms with Crippen molar-refractivity contribution in [1.29, 1.82) is 5.26 Å². The van der Waals surface area contributed by atoms with Crippen LogP contribution >= 0.6 is 0 Å². The molecule has 0 aliphatic carbocycles. The third kappa shape index (κ3) is 4.62. The van der Waals surface area contributed by atoms with E-state index in [9.17, 15) is 13.2 Å². The number of carbonyl (C=O) groups is 1. The Kier molecular flexibility index (Phi) is 5.64. The van der Waals surface area contributed by atoms with Gasteiger partial charge in [-0.05, 0) is 18.2 Å². The minimum atomic E-state index is -3.52. The summed E-state index contributed by atoms with van der Waals surface area (Å²) in [6.07, 6.45) is -1.35.